The molecule has 1 fully saturated rings. The number of benzene rings is 3. The molecule has 0 aliphatic carbocycles. The molecule has 0 saturated carbocycles. The molecule has 1 saturated heterocycles. The average molecular weight is 627 g/mol. The van der Waals surface area contributed by atoms with Gasteiger partial charge in [0.15, 0.2) is 0 Å². The van der Waals surface area contributed by atoms with Crippen LogP contribution in [0.3, 0.4) is 0 Å². The molecule has 3 aromatic carbocycles. The second-order valence-corrected chi connectivity index (χ2v) is 11.7. The number of halogens is 3. The van der Waals surface area contributed by atoms with Crippen molar-refractivity contribution in [1.82, 2.24) is 20.1 Å². The largest absolute Gasteiger partial charge is 0.416 e. The Hall–Kier alpha value is -4.76. The van der Waals surface area contributed by atoms with Crippen molar-refractivity contribution in [3.05, 3.63) is 131 Å². The molecule has 0 bridgehead atoms. The first-order chi connectivity index (χ1) is 22.1. The molecule has 0 spiro atoms. The van der Waals surface area contributed by atoms with Crippen molar-refractivity contribution in [3.63, 3.8) is 0 Å². The van der Waals surface area contributed by atoms with Crippen LogP contribution in [0.5, 0.6) is 0 Å². The van der Waals surface area contributed by atoms with E-state index in [2.05, 4.69) is 15.2 Å². The minimum Gasteiger partial charge on any atom is -0.348 e. The molecule has 6 nitrogen and oxygen atoms in total. The van der Waals surface area contributed by atoms with Gasteiger partial charge in [0.1, 0.15) is 0 Å². The summed E-state index contributed by atoms with van der Waals surface area (Å²) in [6.45, 7) is 1.30. The molecular weight excluding hydrogens is 589 g/mol. The third-order valence-corrected chi connectivity index (χ3v) is 8.35. The number of hydrogen-bond donors (Lipinski definition) is 1. The Bertz CT molecular complexity index is 1640. The first-order valence-corrected chi connectivity index (χ1v) is 15.2. The standard InChI is InChI=1S/C37H37F3N4O2/c1-43(2)31-19-21-44(25-31)36(46)33(23-26-8-4-3-5-9-26)32(22-27-13-17-30(18-14-27)37(38,39)40)35(45)42-24-28-11-15-29(16-12-28)34-10-6-7-20-41-34/h3-18,20,22,31,33H,19,21,23-25H2,1-2H3,(H,42,45)/t31-,33+/m1/s1. The maximum absolute atomic E-state index is 14.2. The third-order valence-electron chi connectivity index (χ3n) is 8.35. The predicted octanol–water partition coefficient (Wildman–Crippen LogP) is 6.49. The van der Waals surface area contributed by atoms with Crippen LogP contribution < -0.4 is 5.32 Å². The van der Waals surface area contributed by atoms with Crippen molar-refractivity contribution < 1.29 is 22.8 Å². The SMILES string of the molecule is CN(C)[C@@H]1CCN(C(=O)[C@@H](Cc2ccccc2)C(=Cc2ccc(C(F)(F)F)cc2)C(=O)NCc2ccc(-c3ccccn3)cc2)C1. The molecule has 5 rings (SSSR count). The summed E-state index contributed by atoms with van der Waals surface area (Å²) in [5.41, 5.74) is 3.31. The smallest absolute Gasteiger partial charge is 0.348 e. The molecule has 9 heteroatoms. The van der Waals surface area contributed by atoms with E-state index in [-0.39, 0.29) is 30.5 Å². The Morgan fingerprint density at radius 1 is 0.935 bits per heavy atom. The second-order valence-electron chi connectivity index (χ2n) is 11.7. The maximum Gasteiger partial charge on any atom is 0.416 e. The zero-order valence-electron chi connectivity index (χ0n) is 25.9. The van der Waals surface area contributed by atoms with Crippen LogP contribution in [0.4, 0.5) is 13.2 Å². The van der Waals surface area contributed by atoms with Crippen LogP contribution in [-0.2, 0) is 28.7 Å². The number of pyridine rings is 1. The first kappa shape index (κ1) is 32.6. The van der Waals surface area contributed by atoms with Crippen LogP contribution in [0.2, 0.25) is 0 Å². The molecule has 238 valence electrons. The predicted molar refractivity (Wildman–Crippen MR) is 173 cm³/mol. The lowest BCUT2D eigenvalue weighted by Crippen LogP contribution is -2.41. The lowest BCUT2D eigenvalue weighted by molar-refractivity contribution is -0.137. The van der Waals surface area contributed by atoms with E-state index in [1.165, 1.54) is 12.1 Å². The van der Waals surface area contributed by atoms with Gasteiger partial charge in [-0.3, -0.25) is 14.6 Å². The quantitative estimate of drug-likeness (QED) is 0.205. The number of carbonyl (C=O) groups excluding carboxylic acids is 2. The van der Waals surface area contributed by atoms with Gasteiger partial charge in [-0.1, -0.05) is 72.8 Å². The molecule has 0 radical (unpaired) electrons. The maximum atomic E-state index is 14.2. The molecule has 0 unspecified atom stereocenters. The molecule has 1 N–H and O–H groups in total. The number of rotatable bonds is 10. The first-order valence-electron chi connectivity index (χ1n) is 15.2. The van der Waals surface area contributed by atoms with Crippen LogP contribution >= 0.6 is 0 Å². The summed E-state index contributed by atoms with van der Waals surface area (Å²) in [6, 6.07) is 27.6. The fraction of sp³-hybridized carbons (Fsp3) is 0.270. The monoisotopic (exact) mass is 626 g/mol. The number of likely N-dealkylation sites (tertiary alicyclic amines) is 1. The second kappa shape index (κ2) is 14.6. The van der Waals surface area contributed by atoms with Crippen LogP contribution in [0.15, 0.2) is 109 Å². The Morgan fingerprint density at radius 3 is 2.24 bits per heavy atom. The minimum absolute atomic E-state index is 0.179. The highest BCUT2D eigenvalue weighted by molar-refractivity contribution is 6.04. The Balaban J connectivity index is 1.46. The van der Waals surface area contributed by atoms with Gasteiger partial charge < -0.3 is 15.1 Å². The van der Waals surface area contributed by atoms with Gasteiger partial charge in [0.2, 0.25) is 11.8 Å². The van der Waals surface area contributed by atoms with Gasteiger partial charge in [-0.2, -0.15) is 13.2 Å². The summed E-state index contributed by atoms with van der Waals surface area (Å²) in [4.78, 5) is 36.5. The van der Waals surface area contributed by atoms with Crippen LogP contribution in [-0.4, -0.2) is 59.8 Å². The highest BCUT2D eigenvalue weighted by atomic mass is 19.4. The van der Waals surface area contributed by atoms with E-state index in [0.29, 0.717) is 18.7 Å². The van der Waals surface area contributed by atoms with Gasteiger partial charge in [-0.15, -0.1) is 0 Å². The number of carbonyl (C=O) groups is 2. The molecule has 2 heterocycles. The summed E-state index contributed by atoms with van der Waals surface area (Å²) in [7, 11) is 3.96. The fourth-order valence-corrected chi connectivity index (χ4v) is 5.65. The van der Waals surface area contributed by atoms with E-state index in [1.807, 2.05) is 86.9 Å². The zero-order chi connectivity index (χ0) is 32.7. The molecule has 46 heavy (non-hydrogen) atoms. The topological polar surface area (TPSA) is 65.5 Å². The highest BCUT2D eigenvalue weighted by Crippen LogP contribution is 2.31. The van der Waals surface area contributed by atoms with Gasteiger partial charge >= 0.3 is 6.18 Å². The third kappa shape index (κ3) is 8.28. The Labute approximate surface area is 267 Å². The summed E-state index contributed by atoms with van der Waals surface area (Å²) in [5, 5.41) is 2.97. The number of aromatic nitrogens is 1. The average Bonchev–Trinajstić information content (AvgIpc) is 3.57. The van der Waals surface area contributed by atoms with Crippen molar-refractivity contribution in [2.45, 2.75) is 31.6 Å². The molecule has 1 aromatic heterocycles. The van der Waals surface area contributed by atoms with Crippen molar-refractivity contribution in [2.24, 2.45) is 5.92 Å². The van der Waals surface area contributed by atoms with Crippen molar-refractivity contribution in [2.75, 3.05) is 27.2 Å². The van der Waals surface area contributed by atoms with E-state index in [0.717, 1.165) is 40.9 Å². The van der Waals surface area contributed by atoms with Crippen LogP contribution in [0, 0.1) is 5.92 Å². The summed E-state index contributed by atoms with van der Waals surface area (Å²) in [5.74, 6) is -1.48. The number of likely N-dealkylation sites (N-methyl/N-ethyl adjacent to an activating group) is 1. The lowest BCUT2D eigenvalue weighted by Gasteiger charge is -2.26. The lowest BCUT2D eigenvalue weighted by atomic mass is 9.88. The molecule has 4 aromatic rings. The number of nitrogens with zero attached hydrogens (tertiary/aromatic N) is 3. The zero-order valence-corrected chi connectivity index (χ0v) is 25.9. The van der Waals surface area contributed by atoms with Crippen molar-refractivity contribution >= 4 is 17.9 Å². The van der Waals surface area contributed by atoms with Crippen molar-refractivity contribution in [3.8, 4) is 11.3 Å². The summed E-state index contributed by atoms with van der Waals surface area (Å²) < 4.78 is 39.9. The number of nitrogens with one attached hydrogen (secondary N) is 1. The van der Waals surface area contributed by atoms with Gasteiger partial charge in [-0.25, -0.2) is 0 Å². The molecule has 2 amide bonds. The summed E-state index contributed by atoms with van der Waals surface area (Å²) >= 11 is 0. The van der Waals surface area contributed by atoms with Gasteiger partial charge in [-0.05, 0) is 74.0 Å². The summed E-state index contributed by atoms with van der Waals surface area (Å²) in [6.07, 6.45) is -0.134. The van der Waals surface area contributed by atoms with Crippen molar-refractivity contribution in [1.29, 1.82) is 0 Å². The van der Waals surface area contributed by atoms with E-state index >= 15 is 0 Å². The molecule has 1 aliphatic heterocycles. The van der Waals surface area contributed by atoms with E-state index in [9.17, 15) is 22.8 Å². The Morgan fingerprint density at radius 2 is 1.63 bits per heavy atom. The number of hydrogen-bond acceptors (Lipinski definition) is 4. The number of alkyl halides is 3. The highest BCUT2D eigenvalue weighted by Gasteiger charge is 2.36. The number of amides is 2. The van der Waals surface area contributed by atoms with Crippen LogP contribution in [0.1, 0.15) is 28.7 Å². The van der Waals surface area contributed by atoms with E-state index < -0.39 is 23.6 Å². The molecule has 2 atom stereocenters. The van der Waals surface area contributed by atoms with Gasteiger partial charge in [0.05, 0.1) is 17.2 Å². The normalized spacial score (nSPS) is 16.0. The van der Waals surface area contributed by atoms with Gasteiger partial charge in [0, 0.05) is 43.0 Å². The fourth-order valence-electron chi connectivity index (χ4n) is 5.65. The van der Waals surface area contributed by atoms with Crippen LogP contribution in [0.25, 0.3) is 17.3 Å². The Kier molecular flexibility index (Phi) is 10.3. The molecular formula is C37H37F3N4O2. The van der Waals surface area contributed by atoms with E-state index in [4.69, 9.17) is 0 Å². The van der Waals surface area contributed by atoms with Gasteiger partial charge in [0.25, 0.3) is 0 Å². The van der Waals surface area contributed by atoms with E-state index in [1.54, 1.807) is 17.2 Å². The minimum atomic E-state index is -4.49. The molecule has 1 aliphatic rings.